The van der Waals surface area contributed by atoms with Crippen LogP contribution in [0.15, 0.2) is 24.3 Å². The highest BCUT2D eigenvalue weighted by Crippen LogP contribution is 2.03. The maximum atomic E-state index is 5.39. The van der Waals surface area contributed by atoms with Gasteiger partial charge in [0.2, 0.25) is 0 Å². The monoisotopic (exact) mass is 176 g/mol. The number of benzene rings is 1. The predicted molar refractivity (Wildman–Crippen MR) is 53.1 cm³/mol. The van der Waals surface area contributed by atoms with Gasteiger partial charge in [0.05, 0.1) is 13.2 Å². The Morgan fingerprint density at radius 1 is 1.15 bits per heavy atom. The maximum absolute atomic E-state index is 5.39. The van der Waals surface area contributed by atoms with Gasteiger partial charge in [-0.3, -0.25) is 0 Å². The minimum Gasteiger partial charge on any atom is -0.405 e. The maximum Gasteiger partial charge on any atom is 0.494 e. The van der Waals surface area contributed by atoms with Crippen molar-refractivity contribution in [3.8, 4) is 0 Å². The molecule has 0 atom stereocenters. The lowest BCUT2D eigenvalue weighted by molar-refractivity contribution is 0.365. The Kier molecular flexibility index (Phi) is 2.66. The van der Waals surface area contributed by atoms with Crippen LogP contribution in [0, 0.1) is 0 Å². The van der Waals surface area contributed by atoms with E-state index in [1.807, 2.05) is 0 Å². The molecule has 0 unspecified atom stereocenters. The van der Waals surface area contributed by atoms with Crippen LogP contribution in [0.2, 0.25) is 0 Å². The molecule has 13 heavy (non-hydrogen) atoms. The molecule has 1 saturated heterocycles. The molecule has 1 fully saturated rings. The van der Waals surface area contributed by atoms with Crippen molar-refractivity contribution in [2.24, 2.45) is 0 Å². The molecular formula is C10H13BO2. The molecule has 1 aliphatic rings. The molecule has 0 aliphatic carbocycles. The summed E-state index contributed by atoms with van der Waals surface area (Å²) in [6, 6.07) is 8.41. The summed E-state index contributed by atoms with van der Waals surface area (Å²) in [4.78, 5) is 0. The topological polar surface area (TPSA) is 18.5 Å². The first kappa shape index (κ1) is 8.79. The Labute approximate surface area is 79.0 Å². The van der Waals surface area contributed by atoms with Crippen LogP contribution in [0.5, 0.6) is 0 Å². The van der Waals surface area contributed by atoms with E-state index >= 15 is 0 Å². The molecule has 1 aliphatic heterocycles. The van der Waals surface area contributed by atoms with Crippen LogP contribution in [0.4, 0.5) is 0 Å². The fourth-order valence-corrected chi connectivity index (χ4v) is 1.46. The molecule has 68 valence electrons. The Morgan fingerprint density at radius 2 is 1.77 bits per heavy atom. The van der Waals surface area contributed by atoms with Gasteiger partial charge in [0.25, 0.3) is 0 Å². The van der Waals surface area contributed by atoms with Crippen LogP contribution in [-0.4, -0.2) is 20.3 Å². The fourth-order valence-electron chi connectivity index (χ4n) is 1.46. The smallest absolute Gasteiger partial charge is 0.405 e. The highest BCUT2D eigenvalue weighted by molar-refractivity contribution is 6.61. The quantitative estimate of drug-likeness (QED) is 0.625. The normalized spacial score (nSPS) is 16.5. The molecule has 0 N–H and O–H groups in total. The third-order valence-corrected chi connectivity index (χ3v) is 2.28. The Balaban J connectivity index is 2.12. The zero-order chi connectivity index (χ0) is 9.10. The zero-order valence-electron chi connectivity index (χ0n) is 7.82. The van der Waals surface area contributed by atoms with Crippen LogP contribution < -0.4 is 5.46 Å². The van der Waals surface area contributed by atoms with E-state index in [2.05, 4.69) is 31.2 Å². The second-order valence-electron chi connectivity index (χ2n) is 3.17. The second kappa shape index (κ2) is 3.94. The van der Waals surface area contributed by atoms with Crippen molar-refractivity contribution in [1.82, 2.24) is 0 Å². The van der Waals surface area contributed by atoms with E-state index < -0.39 is 0 Å². The molecule has 3 heteroatoms. The summed E-state index contributed by atoms with van der Waals surface area (Å²) in [5.41, 5.74) is 2.47. The molecule has 0 bridgehead atoms. The van der Waals surface area contributed by atoms with Crippen LogP contribution >= 0.6 is 0 Å². The van der Waals surface area contributed by atoms with E-state index in [1.165, 1.54) is 5.56 Å². The van der Waals surface area contributed by atoms with Gasteiger partial charge in [-0.05, 0) is 17.4 Å². The Bertz CT molecular complexity index is 265. The van der Waals surface area contributed by atoms with Crippen molar-refractivity contribution in [1.29, 1.82) is 0 Å². The van der Waals surface area contributed by atoms with Gasteiger partial charge < -0.3 is 9.31 Å². The summed E-state index contributed by atoms with van der Waals surface area (Å²) in [6.07, 6.45) is 1.08. The average molecular weight is 176 g/mol. The van der Waals surface area contributed by atoms with E-state index in [0.29, 0.717) is 13.2 Å². The van der Waals surface area contributed by atoms with Gasteiger partial charge in [0, 0.05) is 0 Å². The highest BCUT2D eigenvalue weighted by Gasteiger charge is 2.25. The number of aryl methyl sites for hydroxylation is 1. The summed E-state index contributed by atoms with van der Waals surface area (Å²) in [5, 5.41) is 0. The lowest BCUT2D eigenvalue weighted by Gasteiger charge is -2.04. The molecule has 0 aromatic heterocycles. The first-order valence-electron chi connectivity index (χ1n) is 4.72. The molecule has 0 saturated carbocycles. The van der Waals surface area contributed by atoms with Crippen molar-refractivity contribution in [3.63, 3.8) is 0 Å². The second-order valence-corrected chi connectivity index (χ2v) is 3.17. The standard InChI is InChI=1S/C10H13BO2/c1-2-9-3-5-10(6-4-9)11-12-7-8-13-11/h3-6H,2,7-8H2,1H3. The fraction of sp³-hybridized carbons (Fsp3) is 0.400. The minimum atomic E-state index is -0.133. The van der Waals surface area contributed by atoms with Gasteiger partial charge in [0.1, 0.15) is 0 Å². The van der Waals surface area contributed by atoms with Gasteiger partial charge in [0.15, 0.2) is 0 Å². The summed E-state index contributed by atoms with van der Waals surface area (Å²) in [6.45, 7) is 3.57. The van der Waals surface area contributed by atoms with Gasteiger partial charge in [-0.2, -0.15) is 0 Å². The molecule has 2 nitrogen and oxygen atoms in total. The lowest BCUT2D eigenvalue weighted by Crippen LogP contribution is -2.31. The van der Waals surface area contributed by atoms with Crippen LogP contribution in [0.1, 0.15) is 12.5 Å². The number of hydrogen-bond donors (Lipinski definition) is 0. The highest BCUT2D eigenvalue weighted by atomic mass is 16.6. The molecule has 0 spiro atoms. The van der Waals surface area contributed by atoms with Crippen LogP contribution in [0.3, 0.4) is 0 Å². The first-order valence-corrected chi connectivity index (χ1v) is 4.72. The first-order chi connectivity index (χ1) is 6.40. The van der Waals surface area contributed by atoms with E-state index in [1.54, 1.807) is 0 Å². The van der Waals surface area contributed by atoms with Crippen molar-refractivity contribution in [2.45, 2.75) is 13.3 Å². The zero-order valence-corrected chi connectivity index (χ0v) is 7.82. The van der Waals surface area contributed by atoms with E-state index in [9.17, 15) is 0 Å². The Hall–Kier alpha value is -0.795. The molecule has 1 heterocycles. The summed E-state index contributed by atoms with van der Waals surface area (Å²) in [5.74, 6) is 0. The van der Waals surface area contributed by atoms with Crippen molar-refractivity contribution in [3.05, 3.63) is 29.8 Å². The van der Waals surface area contributed by atoms with Crippen molar-refractivity contribution < 1.29 is 9.31 Å². The predicted octanol–water partition coefficient (Wildman–Crippen LogP) is 0.991. The molecule has 1 aromatic carbocycles. The van der Waals surface area contributed by atoms with E-state index in [0.717, 1.165) is 11.9 Å². The van der Waals surface area contributed by atoms with Gasteiger partial charge in [-0.15, -0.1) is 0 Å². The minimum absolute atomic E-state index is 0.133. The molecule has 1 aromatic rings. The largest absolute Gasteiger partial charge is 0.494 e. The van der Waals surface area contributed by atoms with Crippen LogP contribution in [0.25, 0.3) is 0 Å². The molecule has 0 amide bonds. The van der Waals surface area contributed by atoms with Gasteiger partial charge in [-0.1, -0.05) is 31.2 Å². The summed E-state index contributed by atoms with van der Waals surface area (Å²) >= 11 is 0. The third-order valence-electron chi connectivity index (χ3n) is 2.28. The lowest BCUT2D eigenvalue weighted by atomic mass is 9.79. The number of hydrogen-bond acceptors (Lipinski definition) is 2. The molecule has 2 rings (SSSR count). The molecular weight excluding hydrogens is 163 g/mol. The van der Waals surface area contributed by atoms with Crippen molar-refractivity contribution >= 4 is 12.6 Å². The third kappa shape index (κ3) is 1.93. The van der Waals surface area contributed by atoms with Crippen LogP contribution in [-0.2, 0) is 15.7 Å². The van der Waals surface area contributed by atoms with E-state index in [4.69, 9.17) is 9.31 Å². The van der Waals surface area contributed by atoms with E-state index in [-0.39, 0.29) is 7.12 Å². The van der Waals surface area contributed by atoms with Gasteiger partial charge >= 0.3 is 7.12 Å². The number of rotatable bonds is 2. The Morgan fingerprint density at radius 3 is 2.31 bits per heavy atom. The SMILES string of the molecule is CCc1ccc(B2OCCO2)cc1. The average Bonchev–Trinajstić information content (AvgIpc) is 2.71. The molecule has 0 radical (unpaired) electrons. The van der Waals surface area contributed by atoms with Crippen molar-refractivity contribution in [2.75, 3.05) is 13.2 Å². The van der Waals surface area contributed by atoms with Gasteiger partial charge in [-0.25, -0.2) is 0 Å². The summed E-state index contributed by atoms with van der Waals surface area (Å²) < 4.78 is 10.8. The summed E-state index contributed by atoms with van der Waals surface area (Å²) in [7, 11) is -0.133.